The highest BCUT2D eigenvalue weighted by atomic mass is 32.1. The molecule has 1 amide bonds. The third kappa shape index (κ3) is 2.56. The van der Waals surface area contributed by atoms with Crippen LogP contribution in [-0.2, 0) is 4.79 Å². The second kappa shape index (κ2) is 6.09. The molecule has 3 heterocycles. The van der Waals surface area contributed by atoms with Gasteiger partial charge in [0.1, 0.15) is 28.8 Å². The minimum absolute atomic E-state index is 0.0673. The molecule has 7 heteroatoms. The predicted octanol–water partition coefficient (Wildman–Crippen LogP) is 3.00. The molecule has 6 nitrogen and oxygen atoms in total. The summed E-state index contributed by atoms with van der Waals surface area (Å²) in [6.07, 6.45) is 3.23. The van der Waals surface area contributed by atoms with Gasteiger partial charge in [0.05, 0.1) is 11.1 Å². The van der Waals surface area contributed by atoms with E-state index in [0.29, 0.717) is 5.69 Å². The molecule has 24 heavy (non-hydrogen) atoms. The molecule has 1 saturated heterocycles. The molecule has 0 spiro atoms. The number of benzene rings is 1. The van der Waals surface area contributed by atoms with Crippen LogP contribution >= 0.6 is 11.3 Å². The maximum Gasteiger partial charge on any atom is 0.247 e. The van der Waals surface area contributed by atoms with E-state index in [2.05, 4.69) is 15.3 Å². The first-order chi connectivity index (χ1) is 11.7. The SMILES string of the molecule is O=C(Nc1ccccc1O)C1CCCN1c1ncnc2sccc12. The molecule has 3 aromatic rings. The topological polar surface area (TPSA) is 78.4 Å². The fourth-order valence-electron chi connectivity index (χ4n) is 3.09. The molecular formula is C17H16N4O2S. The summed E-state index contributed by atoms with van der Waals surface area (Å²) in [5.74, 6) is 0.741. The van der Waals surface area contributed by atoms with E-state index in [1.807, 2.05) is 16.3 Å². The number of nitrogens with zero attached hydrogens (tertiary/aromatic N) is 3. The molecule has 1 fully saturated rings. The largest absolute Gasteiger partial charge is 0.506 e. The average Bonchev–Trinajstić information content (AvgIpc) is 3.25. The number of hydrogen-bond acceptors (Lipinski definition) is 6. The molecule has 1 atom stereocenters. The number of hydrogen-bond donors (Lipinski definition) is 2. The quantitative estimate of drug-likeness (QED) is 0.717. The second-order valence-corrected chi connectivity index (χ2v) is 6.59. The molecule has 4 rings (SSSR count). The number of anilines is 2. The van der Waals surface area contributed by atoms with E-state index in [9.17, 15) is 9.90 Å². The van der Waals surface area contributed by atoms with Gasteiger partial charge in [-0.05, 0) is 36.4 Å². The van der Waals surface area contributed by atoms with Crippen molar-refractivity contribution in [3.8, 4) is 5.75 Å². The highest BCUT2D eigenvalue weighted by molar-refractivity contribution is 7.16. The number of fused-ring (bicyclic) bond motifs is 1. The fourth-order valence-corrected chi connectivity index (χ4v) is 3.82. The first-order valence-corrected chi connectivity index (χ1v) is 8.66. The van der Waals surface area contributed by atoms with E-state index in [1.54, 1.807) is 41.9 Å². The van der Waals surface area contributed by atoms with Crippen LogP contribution in [0.15, 0.2) is 42.0 Å². The number of para-hydroxylation sites is 2. The molecule has 1 aromatic carbocycles. The summed E-state index contributed by atoms with van der Waals surface area (Å²) in [5, 5.41) is 15.6. The Morgan fingerprint density at radius 2 is 2.17 bits per heavy atom. The highest BCUT2D eigenvalue weighted by Gasteiger charge is 2.33. The Balaban J connectivity index is 1.62. The number of nitrogens with one attached hydrogen (secondary N) is 1. The van der Waals surface area contributed by atoms with E-state index in [4.69, 9.17) is 0 Å². The average molecular weight is 340 g/mol. The Kier molecular flexibility index (Phi) is 3.78. The van der Waals surface area contributed by atoms with Gasteiger partial charge < -0.3 is 15.3 Å². The summed E-state index contributed by atoms with van der Waals surface area (Å²) < 4.78 is 0. The molecule has 1 unspecified atom stereocenters. The molecule has 0 bridgehead atoms. The molecular weight excluding hydrogens is 324 g/mol. The summed E-state index contributed by atoms with van der Waals surface area (Å²) in [7, 11) is 0. The van der Waals surface area contributed by atoms with Gasteiger partial charge in [-0.25, -0.2) is 9.97 Å². The van der Waals surface area contributed by atoms with Gasteiger partial charge in [0, 0.05) is 6.54 Å². The Morgan fingerprint density at radius 3 is 3.04 bits per heavy atom. The zero-order chi connectivity index (χ0) is 16.5. The number of phenols is 1. The monoisotopic (exact) mass is 340 g/mol. The van der Waals surface area contributed by atoms with Gasteiger partial charge in [-0.2, -0.15) is 0 Å². The van der Waals surface area contributed by atoms with Crippen molar-refractivity contribution in [2.45, 2.75) is 18.9 Å². The van der Waals surface area contributed by atoms with Gasteiger partial charge in [0.15, 0.2) is 0 Å². The van der Waals surface area contributed by atoms with Crippen molar-refractivity contribution in [3.05, 3.63) is 42.0 Å². The fraction of sp³-hybridized carbons (Fsp3) is 0.235. The summed E-state index contributed by atoms with van der Waals surface area (Å²) in [4.78, 5) is 24.4. The van der Waals surface area contributed by atoms with E-state index in [1.165, 1.54) is 0 Å². The van der Waals surface area contributed by atoms with Crippen molar-refractivity contribution in [3.63, 3.8) is 0 Å². The van der Waals surface area contributed by atoms with Crippen LogP contribution in [0.1, 0.15) is 12.8 Å². The van der Waals surface area contributed by atoms with Crippen molar-refractivity contribution in [2.75, 3.05) is 16.8 Å². The zero-order valence-corrected chi connectivity index (χ0v) is 13.7. The minimum Gasteiger partial charge on any atom is -0.506 e. The third-order valence-corrected chi connectivity index (χ3v) is 5.05. The zero-order valence-electron chi connectivity index (χ0n) is 12.8. The summed E-state index contributed by atoms with van der Waals surface area (Å²) in [5.41, 5.74) is 0.428. The van der Waals surface area contributed by atoms with Gasteiger partial charge >= 0.3 is 0 Å². The Morgan fingerprint density at radius 1 is 1.29 bits per heavy atom. The van der Waals surface area contributed by atoms with Crippen molar-refractivity contribution in [2.24, 2.45) is 0 Å². The maximum atomic E-state index is 12.7. The smallest absolute Gasteiger partial charge is 0.247 e. The first-order valence-electron chi connectivity index (χ1n) is 7.78. The second-order valence-electron chi connectivity index (χ2n) is 5.69. The lowest BCUT2D eigenvalue weighted by molar-refractivity contribution is -0.117. The number of carbonyl (C=O) groups is 1. The van der Waals surface area contributed by atoms with Crippen LogP contribution in [0.4, 0.5) is 11.5 Å². The van der Waals surface area contributed by atoms with Crippen molar-refractivity contribution >= 4 is 39.0 Å². The third-order valence-electron chi connectivity index (χ3n) is 4.23. The lowest BCUT2D eigenvalue weighted by Gasteiger charge is -2.25. The van der Waals surface area contributed by atoms with E-state index in [-0.39, 0.29) is 17.7 Å². The van der Waals surface area contributed by atoms with Crippen LogP contribution < -0.4 is 10.2 Å². The van der Waals surface area contributed by atoms with Gasteiger partial charge in [0.2, 0.25) is 5.91 Å². The standard InChI is InChI=1S/C17H16N4O2S/c22-14-6-2-1-4-12(14)20-16(23)13-5-3-8-21(13)15-11-7-9-24-17(11)19-10-18-15/h1-2,4,6-7,9-10,13,22H,3,5,8H2,(H,20,23). The molecule has 1 aliphatic heterocycles. The van der Waals surface area contributed by atoms with Crippen molar-refractivity contribution in [1.29, 1.82) is 0 Å². The van der Waals surface area contributed by atoms with Crippen molar-refractivity contribution < 1.29 is 9.90 Å². The number of aromatic nitrogens is 2. The first kappa shape index (κ1) is 14.9. The number of carbonyl (C=O) groups excluding carboxylic acids is 1. The summed E-state index contributed by atoms with van der Waals surface area (Å²) >= 11 is 1.56. The Labute approximate surface area is 142 Å². The highest BCUT2D eigenvalue weighted by Crippen LogP contribution is 2.32. The number of phenolic OH excluding ortho intramolecular Hbond substituents is 1. The maximum absolute atomic E-state index is 12.7. The molecule has 2 aromatic heterocycles. The van der Waals surface area contributed by atoms with Crippen molar-refractivity contribution in [1.82, 2.24) is 9.97 Å². The molecule has 0 saturated carbocycles. The molecule has 0 radical (unpaired) electrons. The van der Waals surface area contributed by atoms with E-state index >= 15 is 0 Å². The van der Waals surface area contributed by atoms with Gasteiger partial charge in [-0.3, -0.25) is 4.79 Å². The van der Waals surface area contributed by atoms with Gasteiger partial charge in [-0.1, -0.05) is 12.1 Å². The number of rotatable bonds is 3. The predicted molar refractivity (Wildman–Crippen MR) is 94.5 cm³/mol. The molecule has 0 aliphatic carbocycles. The lowest BCUT2D eigenvalue weighted by atomic mass is 10.2. The number of thiophene rings is 1. The van der Waals surface area contributed by atoms with Gasteiger partial charge in [-0.15, -0.1) is 11.3 Å². The van der Waals surface area contributed by atoms with Crippen LogP contribution in [0.2, 0.25) is 0 Å². The Bertz CT molecular complexity index is 895. The molecule has 122 valence electrons. The lowest BCUT2D eigenvalue weighted by Crippen LogP contribution is -2.40. The van der Waals surface area contributed by atoms with E-state index < -0.39 is 0 Å². The molecule has 1 aliphatic rings. The molecule has 2 N–H and O–H groups in total. The van der Waals surface area contributed by atoms with Crippen LogP contribution in [-0.4, -0.2) is 33.6 Å². The summed E-state index contributed by atoms with van der Waals surface area (Å²) in [6.45, 7) is 0.779. The van der Waals surface area contributed by atoms with Crippen LogP contribution in [0.3, 0.4) is 0 Å². The number of amides is 1. The normalized spacial score (nSPS) is 17.3. The van der Waals surface area contributed by atoms with Gasteiger partial charge in [0.25, 0.3) is 0 Å². The summed E-state index contributed by atoms with van der Waals surface area (Å²) in [6, 6.07) is 8.44. The Hall–Kier alpha value is -2.67. The van der Waals surface area contributed by atoms with Crippen LogP contribution in [0, 0.1) is 0 Å². The van der Waals surface area contributed by atoms with Crippen LogP contribution in [0.5, 0.6) is 5.75 Å². The number of aromatic hydroxyl groups is 1. The minimum atomic E-state index is -0.303. The van der Waals surface area contributed by atoms with Crippen LogP contribution in [0.25, 0.3) is 10.2 Å². The van der Waals surface area contributed by atoms with E-state index in [0.717, 1.165) is 35.4 Å².